The van der Waals surface area contributed by atoms with Gasteiger partial charge in [0.2, 0.25) is 11.8 Å². The summed E-state index contributed by atoms with van der Waals surface area (Å²) in [5.41, 5.74) is 4.62. The predicted octanol–water partition coefficient (Wildman–Crippen LogP) is 2.87. The van der Waals surface area contributed by atoms with Gasteiger partial charge in [0.05, 0.1) is 30.0 Å². The molecule has 8 heteroatoms. The molecule has 1 atom stereocenters. The van der Waals surface area contributed by atoms with E-state index in [1.165, 1.54) is 5.56 Å². The number of carbonyl (C=O) groups is 2. The number of anilines is 1. The summed E-state index contributed by atoms with van der Waals surface area (Å²) in [6.07, 6.45) is 7.54. The largest absolute Gasteiger partial charge is 0.338 e. The van der Waals surface area contributed by atoms with Gasteiger partial charge < -0.3 is 14.6 Å². The number of fused-ring (bicyclic) bond motifs is 1. The molecule has 0 spiro atoms. The van der Waals surface area contributed by atoms with E-state index in [4.69, 9.17) is 0 Å². The van der Waals surface area contributed by atoms with Crippen LogP contribution >= 0.6 is 0 Å². The van der Waals surface area contributed by atoms with E-state index >= 15 is 0 Å². The summed E-state index contributed by atoms with van der Waals surface area (Å²) in [5, 5.41) is 7.23. The molecular formula is C24H24N6O2. The Balaban J connectivity index is 1.18. The molecule has 32 heavy (non-hydrogen) atoms. The summed E-state index contributed by atoms with van der Waals surface area (Å²) >= 11 is 0. The molecule has 4 aromatic rings. The van der Waals surface area contributed by atoms with Gasteiger partial charge in [0, 0.05) is 38.1 Å². The standard InChI is InChI=1S/C24H24N6O2/c1-17-5-7-18(8-6-17)12-29-13-19(10-23(29)31)24(32)27-20-11-25-30(15-20)16-21-14-28-9-3-2-4-22(28)26-21/h2-9,11,14-15,19H,10,12-13,16H2,1H3,(H,27,32). The van der Waals surface area contributed by atoms with Crippen molar-refractivity contribution >= 4 is 23.1 Å². The maximum absolute atomic E-state index is 12.7. The molecule has 1 fully saturated rings. The van der Waals surface area contributed by atoms with Gasteiger partial charge in [0.25, 0.3) is 0 Å². The lowest BCUT2D eigenvalue weighted by Gasteiger charge is -2.16. The van der Waals surface area contributed by atoms with Crippen molar-refractivity contribution in [2.45, 2.75) is 26.4 Å². The van der Waals surface area contributed by atoms with Crippen LogP contribution in [-0.2, 0) is 22.7 Å². The summed E-state index contributed by atoms with van der Waals surface area (Å²) in [6, 6.07) is 14.0. The first-order chi connectivity index (χ1) is 15.5. The van der Waals surface area contributed by atoms with Crippen molar-refractivity contribution in [2.24, 2.45) is 5.92 Å². The predicted molar refractivity (Wildman–Crippen MR) is 120 cm³/mol. The molecule has 5 rings (SSSR count). The second-order valence-electron chi connectivity index (χ2n) is 8.28. The normalized spacial score (nSPS) is 16.1. The number of aryl methyl sites for hydroxylation is 1. The van der Waals surface area contributed by atoms with Gasteiger partial charge in [-0.25, -0.2) is 4.98 Å². The lowest BCUT2D eigenvalue weighted by atomic mass is 10.1. The lowest BCUT2D eigenvalue weighted by molar-refractivity contribution is -0.128. The monoisotopic (exact) mass is 428 g/mol. The maximum Gasteiger partial charge on any atom is 0.229 e. The van der Waals surface area contributed by atoms with Crippen LogP contribution in [0.3, 0.4) is 0 Å². The van der Waals surface area contributed by atoms with Gasteiger partial charge in [-0.3, -0.25) is 14.3 Å². The number of benzene rings is 1. The van der Waals surface area contributed by atoms with E-state index in [1.807, 2.05) is 66.2 Å². The molecule has 1 saturated heterocycles. The van der Waals surface area contributed by atoms with Crippen LogP contribution < -0.4 is 5.32 Å². The van der Waals surface area contributed by atoms with Crippen LogP contribution in [0, 0.1) is 12.8 Å². The molecule has 8 nitrogen and oxygen atoms in total. The van der Waals surface area contributed by atoms with Crippen LogP contribution in [0.15, 0.2) is 67.3 Å². The van der Waals surface area contributed by atoms with Crippen molar-refractivity contribution in [3.05, 3.63) is 84.1 Å². The van der Waals surface area contributed by atoms with Crippen LogP contribution in [-0.4, -0.2) is 42.4 Å². The van der Waals surface area contributed by atoms with E-state index in [2.05, 4.69) is 15.4 Å². The van der Waals surface area contributed by atoms with E-state index in [9.17, 15) is 9.59 Å². The number of rotatable bonds is 6. The van der Waals surface area contributed by atoms with E-state index in [0.29, 0.717) is 25.3 Å². The van der Waals surface area contributed by atoms with Crippen molar-refractivity contribution < 1.29 is 9.59 Å². The topological polar surface area (TPSA) is 84.5 Å². The van der Waals surface area contributed by atoms with Crippen molar-refractivity contribution in [1.29, 1.82) is 0 Å². The van der Waals surface area contributed by atoms with Gasteiger partial charge in [-0.1, -0.05) is 35.9 Å². The molecule has 1 aliphatic rings. The third kappa shape index (κ3) is 4.25. The summed E-state index contributed by atoms with van der Waals surface area (Å²) in [6.45, 7) is 3.49. The number of nitrogens with one attached hydrogen (secondary N) is 1. The van der Waals surface area contributed by atoms with Crippen molar-refractivity contribution in [1.82, 2.24) is 24.1 Å². The van der Waals surface area contributed by atoms with Crippen molar-refractivity contribution in [3.8, 4) is 0 Å². The van der Waals surface area contributed by atoms with Crippen LogP contribution in [0.25, 0.3) is 5.65 Å². The Kier molecular flexibility index (Phi) is 5.18. The fourth-order valence-electron chi connectivity index (χ4n) is 4.00. The van der Waals surface area contributed by atoms with Gasteiger partial charge in [0.15, 0.2) is 0 Å². The second-order valence-corrected chi connectivity index (χ2v) is 8.28. The van der Waals surface area contributed by atoms with Gasteiger partial charge in [-0.2, -0.15) is 5.10 Å². The number of likely N-dealkylation sites (tertiary alicyclic amines) is 1. The summed E-state index contributed by atoms with van der Waals surface area (Å²) in [7, 11) is 0. The van der Waals surface area contributed by atoms with Gasteiger partial charge in [0.1, 0.15) is 5.65 Å². The molecule has 1 aromatic carbocycles. The van der Waals surface area contributed by atoms with Crippen molar-refractivity contribution in [3.63, 3.8) is 0 Å². The smallest absolute Gasteiger partial charge is 0.229 e. The zero-order valence-corrected chi connectivity index (χ0v) is 17.8. The zero-order chi connectivity index (χ0) is 22.1. The molecule has 0 aliphatic carbocycles. The molecule has 0 radical (unpaired) electrons. The Morgan fingerprint density at radius 1 is 1.12 bits per heavy atom. The highest BCUT2D eigenvalue weighted by atomic mass is 16.2. The Bertz CT molecular complexity index is 1240. The Hall–Kier alpha value is -3.94. The number of aromatic nitrogens is 4. The van der Waals surface area contributed by atoms with Gasteiger partial charge >= 0.3 is 0 Å². The third-order valence-electron chi connectivity index (χ3n) is 5.72. The van der Waals surface area contributed by atoms with Crippen LogP contribution in [0.1, 0.15) is 23.2 Å². The first-order valence-corrected chi connectivity index (χ1v) is 10.6. The number of pyridine rings is 1. The van der Waals surface area contributed by atoms with E-state index in [1.54, 1.807) is 22.0 Å². The second kappa shape index (κ2) is 8.30. The molecule has 0 saturated carbocycles. The average Bonchev–Trinajstić information content (AvgIpc) is 3.49. The first kappa shape index (κ1) is 20.0. The van der Waals surface area contributed by atoms with Crippen LogP contribution in [0.4, 0.5) is 5.69 Å². The lowest BCUT2D eigenvalue weighted by Crippen LogP contribution is -2.28. The quantitative estimate of drug-likeness (QED) is 0.512. The molecule has 2 amide bonds. The Labute approximate surface area is 185 Å². The van der Waals surface area contributed by atoms with E-state index < -0.39 is 0 Å². The fraction of sp³-hybridized carbons (Fsp3) is 0.250. The highest BCUT2D eigenvalue weighted by Crippen LogP contribution is 2.22. The molecule has 4 heterocycles. The molecular weight excluding hydrogens is 404 g/mol. The summed E-state index contributed by atoms with van der Waals surface area (Å²) in [5.74, 6) is -0.514. The minimum absolute atomic E-state index is 0.00766. The number of carbonyl (C=O) groups excluding carboxylic acids is 2. The van der Waals surface area contributed by atoms with Crippen LogP contribution in [0.5, 0.6) is 0 Å². The summed E-state index contributed by atoms with van der Waals surface area (Å²) in [4.78, 5) is 31.5. The molecule has 1 unspecified atom stereocenters. The highest BCUT2D eigenvalue weighted by Gasteiger charge is 2.34. The third-order valence-corrected chi connectivity index (χ3v) is 5.72. The number of imidazole rings is 1. The summed E-state index contributed by atoms with van der Waals surface area (Å²) < 4.78 is 3.70. The number of hydrogen-bond donors (Lipinski definition) is 1. The Morgan fingerprint density at radius 2 is 1.97 bits per heavy atom. The fourth-order valence-corrected chi connectivity index (χ4v) is 4.00. The molecule has 1 N–H and O–H groups in total. The minimum Gasteiger partial charge on any atom is -0.338 e. The number of nitrogens with zero attached hydrogens (tertiary/aromatic N) is 5. The first-order valence-electron chi connectivity index (χ1n) is 10.6. The highest BCUT2D eigenvalue weighted by molar-refractivity contribution is 5.97. The Morgan fingerprint density at radius 3 is 2.78 bits per heavy atom. The average molecular weight is 428 g/mol. The number of hydrogen-bond acceptors (Lipinski definition) is 4. The van der Waals surface area contributed by atoms with Crippen molar-refractivity contribution in [2.75, 3.05) is 11.9 Å². The number of amides is 2. The molecule has 0 bridgehead atoms. The van der Waals surface area contributed by atoms with E-state index in [0.717, 1.165) is 16.9 Å². The van der Waals surface area contributed by atoms with Crippen LogP contribution in [0.2, 0.25) is 0 Å². The molecule has 162 valence electrons. The molecule has 3 aromatic heterocycles. The zero-order valence-electron chi connectivity index (χ0n) is 17.8. The van der Waals surface area contributed by atoms with Gasteiger partial charge in [-0.05, 0) is 24.6 Å². The SMILES string of the molecule is Cc1ccc(CN2CC(C(=O)Nc3cnn(Cc4cn5ccccc5n4)c3)CC2=O)cc1. The minimum atomic E-state index is -0.366. The maximum atomic E-state index is 12.7. The van der Waals surface area contributed by atoms with Gasteiger partial charge in [-0.15, -0.1) is 0 Å². The van der Waals surface area contributed by atoms with E-state index in [-0.39, 0.29) is 24.2 Å². The molecule has 1 aliphatic heterocycles.